The van der Waals surface area contributed by atoms with Crippen LogP contribution in [0, 0.1) is 11.8 Å². The molecule has 4 rings (SSSR count). The number of hydrogen-bond donors (Lipinski definition) is 1. The minimum atomic E-state index is -0.0648. The van der Waals surface area contributed by atoms with Gasteiger partial charge in [-0.3, -0.25) is 14.7 Å². The molecular weight excluding hydrogens is 294 g/mol. The number of aromatic nitrogens is 1. The van der Waals surface area contributed by atoms with Crippen LogP contribution in [-0.2, 0) is 14.3 Å². The summed E-state index contributed by atoms with van der Waals surface area (Å²) in [7, 11) is 0. The molecule has 1 amide bonds. The molecule has 1 aromatic heterocycles. The average molecular weight is 317 g/mol. The van der Waals surface area contributed by atoms with Crippen LogP contribution in [0.4, 0.5) is 5.69 Å². The Morgan fingerprint density at radius 2 is 2.17 bits per heavy atom. The molecule has 124 valence electrons. The van der Waals surface area contributed by atoms with Crippen LogP contribution in [0.15, 0.2) is 24.5 Å². The molecule has 3 saturated heterocycles. The minimum absolute atomic E-state index is 0.0549. The van der Waals surface area contributed by atoms with Gasteiger partial charge >= 0.3 is 0 Å². The summed E-state index contributed by atoms with van der Waals surface area (Å²) in [5.41, 5.74) is 0.750. The molecule has 1 N–H and O–H groups in total. The molecular formula is C17H23N3O3. The van der Waals surface area contributed by atoms with E-state index in [-0.39, 0.29) is 17.9 Å². The standard InChI is InChI=1S/C17H23N3O3/c21-17(19-12-2-1-5-18-8-12)15-11-23-16-10-20(9-14(15)16)13-3-6-22-7-4-13/h1-2,5,8,13-16H,3-4,6-7,9-11H2,(H,19,21)/t14-,15+,16-/m0/s1. The van der Waals surface area contributed by atoms with Gasteiger partial charge in [0.1, 0.15) is 0 Å². The van der Waals surface area contributed by atoms with E-state index in [1.165, 1.54) is 0 Å². The maximum atomic E-state index is 12.6. The van der Waals surface area contributed by atoms with Gasteiger partial charge in [-0.1, -0.05) is 0 Å². The lowest BCUT2D eigenvalue weighted by molar-refractivity contribution is -0.120. The summed E-state index contributed by atoms with van der Waals surface area (Å²) in [5.74, 6) is 0.291. The second-order valence-corrected chi connectivity index (χ2v) is 6.67. The normalized spacial score (nSPS) is 31.9. The lowest BCUT2D eigenvalue weighted by Crippen LogP contribution is -2.40. The molecule has 3 fully saturated rings. The summed E-state index contributed by atoms with van der Waals surface area (Å²) in [5, 5.41) is 2.97. The number of anilines is 1. The summed E-state index contributed by atoms with van der Waals surface area (Å²) in [6.45, 7) is 4.14. The molecule has 0 unspecified atom stereocenters. The Bertz CT molecular complexity index is 547. The largest absolute Gasteiger partial charge is 0.381 e. The van der Waals surface area contributed by atoms with E-state index >= 15 is 0 Å². The number of likely N-dealkylation sites (tertiary alicyclic amines) is 1. The first-order valence-corrected chi connectivity index (χ1v) is 8.45. The molecule has 23 heavy (non-hydrogen) atoms. The second-order valence-electron chi connectivity index (χ2n) is 6.67. The number of ether oxygens (including phenoxy) is 2. The number of carbonyl (C=O) groups is 1. The van der Waals surface area contributed by atoms with E-state index in [9.17, 15) is 4.79 Å². The number of nitrogens with one attached hydrogen (secondary N) is 1. The van der Waals surface area contributed by atoms with E-state index in [0.29, 0.717) is 18.6 Å². The number of nitrogens with zero attached hydrogens (tertiary/aromatic N) is 2. The molecule has 0 bridgehead atoms. The monoisotopic (exact) mass is 317 g/mol. The highest BCUT2D eigenvalue weighted by atomic mass is 16.5. The second kappa shape index (κ2) is 6.55. The van der Waals surface area contributed by atoms with Crippen molar-refractivity contribution in [2.24, 2.45) is 11.8 Å². The summed E-state index contributed by atoms with van der Waals surface area (Å²) in [6.07, 6.45) is 5.75. The third-order valence-electron chi connectivity index (χ3n) is 5.32. The van der Waals surface area contributed by atoms with Gasteiger partial charge in [-0.25, -0.2) is 0 Å². The fourth-order valence-electron chi connectivity index (χ4n) is 4.03. The maximum absolute atomic E-state index is 12.6. The van der Waals surface area contributed by atoms with Crippen molar-refractivity contribution in [3.05, 3.63) is 24.5 Å². The van der Waals surface area contributed by atoms with Crippen molar-refractivity contribution in [3.63, 3.8) is 0 Å². The summed E-state index contributed by atoms with van der Waals surface area (Å²) in [4.78, 5) is 19.1. The zero-order valence-electron chi connectivity index (χ0n) is 13.2. The number of fused-ring (bicyclic) bond motifs is 1. The number of rotatable bonds is 3. The van der Waals surface area contributed by atoms with Crippen LogP contribution < -0.4 is 5.32 Å². The molecule has 0 saturated carbocycles. The smallest absolute Gasteiger partial charge is 0.230 e. The Hall–Kier alpha value is -1.50. The molecule has 0 aromatic carbocycles. The first kappa shape index (κ1) is 15.1. The highest BCUT2D eigenvalue weighted by molar-refractivity contribution is 5.92. The number of carbonyl (C=O) groups excluding carboxylic acids is 1. The third kappa shape index (κ3) is 3.11. The van der Waals surface area contributed by atoms with Crippen molar-refractivity contribution < 1.29 is 14.3 Å². The fourth-order valence-corrected chi connectivity index (χ4v) is 4.03. The van der Waals surface area contributed by atoms with Crippen molar-refractivity contribution in [1.29, 1.82) is 0 Å². The van der Waals surface area contributed by atoms with Gasteiger partial charge in [-0.05, 0) is 25.0 Å². The van der Waals surface area contributed by atoms with Gasteiger partial charge in [0.2, 0.25) is 5.91 Å². The highest BCUT2D eigenvalue weighted by Gasteiger charge is 2.48. The van der Waals surface area contributed by atoms with Crippen molar-refractivity contribution >= 4 is 11.6 Å². The third-order valence-corrected chi connectivity index (χ3v) is 5.32. The zero-order valence-corrected chi connectivity index (χ0v) is 13.2. The van der Waals surface area contributed by atoms with Gasteiger partial charge in [0.05, 0.1) is 30.5 Å². The van der Waals surface area contributed by atoms with E-state index < -0.39 is 0 Å². The summed E-state index contributed by atoms with van der Waals surface area (Å²) >= 11 is 0. The SMILES string of the molecule is O=C(Nc1cccnc1)[C@@H]1CO[C@H]2CN(C3CCOCC3)C[C@H]21. The number of pyridine rings is 1. The van der Waals surface area contributed by atoms with E-state index in [4.69, 9.17) is 9.47 Å². The molecule has 3 aliphatic rings. The molecule has 3 atom stereocenters. The lowest BCUT2D eigenvalue weighted by Gasteiger charge is -2.31. The minimum Gasteiger partial charge on any atom is -0.381 e. The quantitative estimate of drug-likeness (QED) is 0.906. The molecule has 6 nitrogen and oxygen atoms in total. The summed E-state index contributed by atoms with van der Waals surface area (Å²) < 4.78 is 11.4. The lowest BCUT2D eigenvalue weighted by atomic mass is 9.92. The Morgan fingerprint density at radius 1 is 1.30 bits per heavy atom. The molecule has 3 aliphatic heterocycles. The van der Waals surface area contributed by atoms with Gasteiger partial charge in [-0.2, -0.15) is 0 Å². The van der Waals surface area contributed by atoms with Gasteiger partial charge in [-0.15, -0.1) is 0 Å². The van der Waals surface area contributed by atoms with Crippen molar-refractivity contribution in [3.8, 4) is 0 Å². The predicted octanol–water partition coefficient (Wildman–Crippen LogP) is 1.15. The van der Waals surface area contributed by atoms with Gasteiger partial charge in [0.25, 0.3) is 0 Å². The van der Waals surface area contributed by atoms with Crippen LogP contribution in [0.2, 0.25) is 0 Å². The van der Waals surface area contributed by atoms with Gasteiger partial charge in [0, 0.05) is 44.5 Å². The predicted molar refractivity (Wildman–Crippen MR) is 85.0 cm³/mol. The van der Waals surface area contributed by atoms with Crippen LogP contribution in [0.3, 0.4) is 0 Å². The maximum Gasteiger partial charge on any atom is 0.230 e. The van der Waals surface area contributed by atoms with Crippen molar-refractivity contribution in [2.45, 2.75) is 25.0 Å². The van der Waals surface area contributed by atoms with Crippen LogP contribution in [-0.4, -0.2) is 60.8 Å². The Kier molecular flexibility index (Phi) is 4.29. The molecule has 0 spiro atoms. The van der Waals surface area contributed by atoms with Crippen LogP contribution in [0.25, 0.3) is 0 Å². The highest BCUT2D eigenvalue weighted by Crippen LogP contribution is 2.36. The van der Waals surface area contributed by atoms with Crippen LogP contribution in [0.1, 0.15) is 12.8 Å². The Labute approximate surface area is 136 Å². The first-order chi connectivity index (χ1) is 11.3. The molecule has 6 heteroatoms. The molecule has 1 aromatic rings. The van der Waals surface area contributed by atoms with E-state index in [0.717, 1.165) is 44.8 Å². The van der Waals surface area contributed by atoms with Gasteiger partial charge < -0.3 is 14.8 Å². The average Bonchev–Trinajstić information content (AvgIpc) is 3.17. The Balaban J connectivity index is 1.38. The summed E-state index contributed by atoms with van der Waals surface area (Å²) in [6, 6.07) is 4.27. The zero-order chi connectivity index (χ0) is 15.6. The molecule has 0 aliphatic carbocycles. The molecule has 0 radical (unpaired) electrons. The fraction of sp³-hybridized carbons (Fsp3) is 0.647. The Morgan fingerprint density at radius 3 is 2.96 bits per heavy atom. The van der Waals surface area contributed by atoms with E-state index in [1.807, 2.05) is 12.1 Å². The first-order valence-electron chi connectivity index (χ1n) is 8.45. The van der Waals surface area contributed by atoms with Crippen LogP contribution in [0.5, 0.6) is 0 Å². The van der Waals surface area contributed by atoms with Crippen molar-refractivity contribution in [1.82, 2.24) is 9.88 Å². The van der Waals surface area contributed by atoms with E-state index in [2.05, 4.69) is 15.2 Å². The number of hydrogen-bond acceptors (Lipinski definition) is 5. The van der Waals surface area contributed by atoms with Gasteiger partial charge in [0.15, 0.2) is 0 Å². The van der Waals surface area contributed by atoms with E-state index in [1.54, 1.807) is 12.4 Å². The van der Waals surface area contributed by atoms with Crippen LogP contribution >= 0.6 is 0 Å². The molecule has 4 heterocycles. The van der Waals surface area contributed by atoms with Crippen molar-refractivity contribution in [2.75, 3.05) is 38.2 Å². The number of amides is 1. The topological polar surface area (TPSA) is 63.7 Å².